The molecule has 1 fully saturated rings. The van der Waals surface area contributed by atoms with E-state index in [1.807, 2.05) is 6.92 Å². The van der Waals surface area contributed by atoms with Crippen LogP contribution in [0.25, 0.3) is 11.0 Å². The van der Waals surface area contributed by atoms with Gasteiger partial charge < -0.3 is 9.30 Å². The second kappa shape index (κ2) is 4.80. The van der Waals surface area contributed by atoms with Gasteiger partial charge in [-0.2, -0.15) is 0 Å². The SMILES string of the molecule is Cc1ccc2nc(C(C)Cl)n(C3CCOC3C)c2c1. The summed E-state index contributed by atoms with van der Waals surface area (Å²) < 4.78 is 8.00. The monoisotopic (exact) mass is 278 g/mol. The Morgan fingerprint density at radius 2 is 2.26 bits per heavy atom. The maximum absolute atomic E-state index is 6.32. The number of benzene rings is 1. The van der Waals surface area contributed by atoms with Gasteiger partial charge in [0, 0.05) is 6.61 Å². The van der Waals surface area contributed by atoms with Gasteiger partial charge in [-0.25, -0.2) is 4.98 Å². The summed E-state index contributed by atoms with van der Waals surface area (Å²) >= 11 is 6.32. The fraction of sp³-hybridized carbons (Fsp3) is 0.533. The molecule has 3 nitrogen and oxygen atoms in total. The van der Waals surface area contributed by atoms with Gasteiger partial charge in [0.2, 0.25) is 0 Å². The predicted molar refractivity (Wildman–Crippen MR) is 77.8 cm³/mol. The molecule has 3 atom stereocenters. The van der Waals surface area contributed by atoms with E-state index < -0.39 is 0 Å². The van der Waals surface area contributed by atoms with Crippen molar-refractivity contribution in [2.75, 3.05) is 6.61 Å². The van der Waals surface area contributed by atoms with Crippen molar-refractivity contribution in [2.24, 2.45) is 0 Å². The molecule has 2 heterocycles. The van der Waals surface area contributed by atoms with Gasteiger partial charge in [0.25, 0.3) is 0 Å². The summed E-state index contributed by atoms with van der Waals surface area (Å²) in [6.45, 7) is 7.02. The van der Waals surface area contributed by atoms with Crippen molar-refractivity contribution in [1.29, 1.82) is 0 Å². The quantitative estimate of drug-likeness (QED) is 0.777. The van der Waals surface area contributed by atoms with Gasteiger partial charge in [0.15, 0.2) is 0 Å². The number of hydrogen-bond donors (Lipinski definition) is 0. The normalized spacial score (nSPS) is 25.1. The van der Waals surface area contributed by atoms with Gasteiger partial charge >= 0.3 is 0 Å². The first-order valence-corrected chi connectivity index (χ1v) is 7.25. The van der Waals surface area contributed by atoms with E-state index in [4.69, 9.17) is 21.3 Å². The fourth-order valence-electron chi connectivity index (χ4n) is 2.91. The minimum absolute atomic E-state index is 0.0968. The van der Waals surface area contributed by atoms with Crippen molar-refractivity contribution in [3.05, 3.63) is 29.6 Å². The third-order valence-electron chi connectivity index (χ3n) is 3.90. The lowest BCUT2D eigenvalue weighted by Gasteiger charge is -2.20. The molecular weight excluding hydrogens is 260 g/mol. The maximum atomic E-state index is 6.32. The van der Waals surface area contributed by atoms with Crippen molar-refractivity contribution < 1.29 is 4.74 Å². The van der Waals surface area contributed by atoms with E-state index in [-0.39, 0.29) is 11.5 Å². The topological polar surface area (TPSA) is 27.1 Å². The van der Waals surface area contributed by atoms with Gasteiger partial charge in [0.05, 0.1) is 28.6 Å². The molecule has 1 saturated heterocycles. The van der Waals surface area contributed by atoms with Gasteiger partial charge in [-0.1, -0.05) is 6.07 Å². The number of aromatic nitrogens is 2. The van der Waals surface area contributed by atoms with Crippen molar-refractivity contribution in [3.63, 3.8) is 0 Å². The van der Waals surface area contributed by atoms with Gasteiger partial charge in [-0.3, -0.25) is 0 Å². The van der Waals surface area contributed by atoms with E-state index in [1.165, 1.54) is 11.1 Å². The zero-order valence-electron chi connectivity index (χ0n) is 11.6. The molecule has 0 bridgehead atoms. The number of alkyl halides is 1. The number of halogens is 1. The summed E-state index contributed by atoms with van der Waals surface area (Å²) in [5, 5.41) is -0.0968. The van der Waals surface area contributed by atoms with E-state index in [9.17, 15) is 0 Å². The summed E-state index contributed by atoms with van der Waals surface area (Å²) in [7, 11) is 0. The molecule has 0 saturated carbocycles. The van der Waals surface area contributed by atoms with Crippen LogP contribution < -0.4 is 0 Å². The number of fused-ring (bicyclic) bond motifs is 1. The molecule has 0 aliphatic carbocycles. The van der Waals surface area contributed by atoms with Crippen LogP contribution in [0.5, 0.6) is 0 Å². The minimum Gasteiger partial charge on any atom is -0.376 e. The van der Waals surface area contributed by atoms with E-state index in [0.29, 0.717) is 6.04 Å². The highest BCUT2D eigenvalue weighted by molar-refractivity contribution is 6.20. The lowest BCUT2D eigenvalue weighted by Crippen LogP contribution is -2.19. The second-order valence-corrected chi connectivity index (χ2v) is 6.03. The fourth-order valence-corrected chi connectivity index (χ4v) is 3.06. The molecule has 0 N–H and O–H groups in total. The van der Waals surface area contributed by atoms with Crippen molar-refractivity contribution in [3.8, 4) is 0 Å². The molecule has 1 aliphatic heterocycles. The molecule has 3 unspecified atom stereocenters. The van der Waals surface area contributed by atoms with Crippen LogP contribution in [0.3, 0.4) is 0 Å². The second-order valence-electron chi connectivity index (χ2n) is 5.38. The average Bonchev–Trinajstić information content (AvgIpc) is 2.92. The zero-order chi connectivity index (χ0) is 13.6. The molecule has 1 aromatic heterocycles. The van der Waals surface area contributed by atoms with E-state index in [2.05, 4.69) is 36.6 Å². The van der Waals surface area contributed by atoms with Gasteiger partial charge in [0.1, 0.15) is 5.82 Å². The Hall–Kier alpha value is -1.06. The Bertz CT molecular complexity index is 605. The largest absolute Gasteiger partial charge is 0.376 e. The molecule has 102 valence electrons. The first kappa shape index (κ1) is 12.9. The van der Waals surface area contributed by atoms with Crippen LogP contribution in [-0.2, 0) is 4.74 Å². The average molecular weight is 279 g/mol. The van der Waals surface area contributed by atoms with Crippen LogP contribution >= 0.6 is 11.6 Å². The van der Waals surface area contributed by atoms with Crippen molar-refractivity contribution in [1.82, 2.24) is 9.55 Å². The lowest BCUT2D eigenvalue weighted by atomic mass is 10.1. The lowest BCUT2D eigenvalue weighted by molar-refractivity contribution is 0.108. The number of imidazole rings is 1. The van der Waals surface area contributed by atoms with Crippen molar-refractivity contribution in [2.45, 2.75) is 44.7 Å². The number of nitrogens with zero attached hydrogens (tertiary/aromatic N) is 2. The molecule has 19 heavy (non-hydrogen) atoms. The zero-order valence-corrected chi connectivity index (χ0v) is 12.3. The summed E-state index contributed by atoms with van der Waals surface area (Å²) in [6, 6.07) is 6.69. The first-order chi connectivity index (χ1) is 9.08. The summed E-state index contributed by atoms with van der Waals surface area (Å²) in [6.07, 6.45) is 1.24. The van der Waals surface area contributed by atoms with E-state index >= 15 is 0 Å². The Balaban J connectivity index is 2.23. The Labute approximate surface area is 118 Å². The molecule has 1 aliphatic rings. The number of aryl methyl sites for hydroxylation is 1. The van der Waals surface area contributed by atoms with E-state index in [1.54, 1.807) is 0 Å². The van der Waals surface area contributed by atoms with Crippen LogP contribution in [0, 0.1) is 6.92 Å². The van der Waals surface area contributed by atoms with Crippen LogP contribution in [0.4, 0.5) is 0 Å². The summed E-state index contributed by atoms with van der Waals surface area (Å²) in [4.78, 5) is 4.71. The van der Waals surface area contributed by atoms with Crippen LogP contribution in [0.2, 0.25) is 0 Å². The Morgan fingerprint density at radius 3 is 2.89 bits per heavy atom. The van der Waals surface area contributed by atoms with E-state index in [0.717, 1.165) is 24.4 Å². The summed E-state index contributed by atoms with van der Waals surface area (Å²) in [5.74, 6) is 0.949. The molecule has 0 radical (unpaired) electrons. The van der Waals surface area contributed by atoms with Gasteiger partial charge in [-0.15, -0.1) is 11.6 Å². The highest BCUT2D eigenvalue weighted by atomic mass is 35.5. The number of hydrogen-bond acceptors (Lipinski definition) is 2. The maximum Gasteiger partial charge on any atom is 0.128 e. The Kier molecular flexibility index (Phi) is 3.27. The molecule has 3 rings (SSSR count). The first-order valence-electron chi connectivity index (χ1n) is 6.82. The molecular formula is C15H19ClN2O. The molecule has 1 aromatic carbocycles. The van der Waals surface area contributed by atoms with Crippen LogP contribution in [0.15, 0.2) is 18.2 Å². The van der Waals surface area contributed by atoms with Crippen molar-refractivity contribution >= 4 is 22.6 Å². The third-order valence-corrected chi connectivity index (χ3v) is 4.09. The molecule has 2 aromatic rings. The van der Waals surface area contributed by atoms with Crippen LogP contribution in [0.1, 0.15) is 43.1 Å². The molecule has 0 spiro atoms. The highest BCUT2D eigenvalue weighted by Gasteiger charge is 2.30. The number of ether oxygens (including phenoxy) is 1. The number of rotatable bonds is 2. The Morgan fingerprint density at radius 1 is 1.47 bits per heavy atom. The predicted octanol–water partition coefficient (Wildman–Crippen LogP) is 3.99. The standard InChI is InChI=1S/C15H19ClN2O/c1-9-4-5-12-14(8-9)18(15(17-12)10(2)16)13-6-7-19-11(13)3/h4-5,8,10-11,13H,6-7H2,1-3H3. The smallest absolute Gasteiger partial charge is 0.128 e. The minimum atomic E-state index is -0.0968. The molecule has 0 amide bonds. The third kappa shape index (κ3) is 2.15. The van der Waals surface area contributed by atoms with Crippen LogP contribution in [-0.4, -0.2) is 22.3 Å². The molecule has 4 heteroatoms. The van der Waals surface area contributed by atoms with Gasteiger partial charge in [-0.05, 0) is 44.9 Å². The highest BCUT2D eigenvalue weighted by Crippen LogP contribution is 2.34. The summed E-state index contributed by atoms with van der Waals surface area (Å²) in [5.41, 5.74) is 3.44.